The molecule has 0 atom stereocenters. The van der Waals surface area contributed by atoms with Gasteiger partial charge in [0.25, 0.3) is 0 Å². The highest BCUT2D eigenvalue weighted by molar-refractivity contribution is 5.90. The molecule has 0 unspecified atom stereocenters. The van der Waals surface area contributed by atoms with E-state index in [9.17, 15) is 9.18 Å². The maximum atomic E-state index is 12.9. The molecule has 1 aliphatic carbocycles. The second-order valence-corrected chi connectivity index (χ2v) is 5.24. The van der Waals surface area contributed by atoms with E-state index in [1.807, 2.05) is 0 Å². The first-order valence-corrected chi connectivity index (χ1v) is 7.13. The fraction of sp³-hybridized carbons (Fsp3) is 0.400. The highest BCUT2D eigenvalue weighted by atomic mass is 19.1. The van der Waals surface area contributed by atoms with Gasteiger partial charge in [0.15, 0.2) is 0 Å². The summed E-state index contributed by atoms with van der Waals surface area (Å²) in [5.74, 6) is -0.455. The van der Waals surface area contributed by atoms with E-state index in [1.165, 1.54) is 18.6 Å². The van der Waals surface area contributed by atoms with Gasteiger partial charge in [-0.3, -0.25) is 4.79 Å². The van der Waals surface area contributed by atoms with Gasteiger partial charge in [0.1, 0.15) is 5.82 Å². The van der Waals surface area contributed by atoms with Crippen molar-refractivity contribution < 1.29 is 13.7 Å². The molecule has 5 nitrogen and oxygen atoms in total. The standard InChI is InChI=1S/C15H16FN3O2/c16-11-8-6-10(7-9-11)13-18-15(21-19-13)14(20)17-12-4-2-1-3-5-12/h6-9,12H,1-5H2,(H,17,20). The average molecular weight is 289 g/mol. The van der Waals surface area contributed by atoms with Gasteiger partial charge in [-0.15, -0.1) is 0 Å². The topological polar surface area (TPSA) is 68.0 Å². The largest absolute Gasteiger partial charge is 0.345 e. The fourth-order valence-corrected chi connectivity index (χ4v) is 2.53. The van der Waals surface area contributed by atoms with Crippen LogP contribution in [0.2, 0.25) is 0 Å². The molecule has 21 heavy (non-hydrogen) atoms. The molecule has 1 heterocycles. The number of nitrogens with one attached hydrogen (secondary N) is 1. The van der Waals surface area contributed by atoms with Crippen LogP contribution in [0.25, 0.3) is 11.4 Å². The Kier molecular flexibility index (Phi) is 3.94. The number of carbonyl (C=O) groups is 1. The molecule has 0 saturated heterocycles. The van der Waals surface area contributed by atoms with Crippen molar-refractivity contribution in [3.05, 3.63) is 36.0 Å². The molecule has 1 saturated carbocycles. The van der Waals surface area contributed by atoms with Gasteiger partial charge in [-0.25, -0.2) is 4.39 Å². The summed E-state index contributed by atoms with van der Waals surface area (Å²) >= 11 is 0. The van der Waals surface area contributed by atoms with E-state index in [-0.39, 0.29) is 29.5 Å². The summed E-state index contributed by atoms with van der Waals surface area (Å²) in [4.78, 5) is 16.1. The van der Waals surface area contributed by atoms with Crippen molar-refractivity contribution in [2.75, 3.05) is 0 Å². The van der Waals surface area contributed by atoms with Crippen LogP contribution in [0.1, 0.15) is 42.8 Å². The van der Waals surface area contributed by atoms with E-state index in [0.29, 0.717) is 5.56 Å². The van der Waals surface area contributed by atoms with E-state index in [4.69, 9.17) is 4.52 Å². The molecule has 0 spiro atoms. The van der Waals surface area contributed by atoms with Crippen LogP contribution < -0.4 is 5.32 Å². The third-order valence-electron chi connectivity index (χ3n) is 3.66. The van der Waals surface area contributed by atoms with Crippen LogP contribution in [0.5, 0.6) is 0 Å². The molecule has 0 bridgehead atoms. The predicted octanol–water partition coefficient (Wildman–Crippen LogP) is 2.94. The number of nitrogens with zero attached hydrogens (tertiary/aromatic N) is 2. The summed E-state index contributed by atoms with van der Waals surface area (Å²) in [7, 11) is 0. The van der Waals surface area contributed by atoms with Gasteiger partial charge < -0.3 is 9.84 Å². The monoisotopic (exact) mass is 289 g/mol. The molecule has 1 aromatic heterocycles. The highest BCUT2D eigenvalue weighted by Crippen LogP contribution is 2.19. The van der Waals surface area contributed by atoms with Gasteiger partial charge in [-0.05, 0) is 37.1 Å². The third-order valence-corrected chi connectivity index (χ3v) is 3.66. The maximum Gasteiger partial charge on any atom is 0.316 e. The Bertz CT molecular complexity index is 618. The van der Waals surface area contributed by atoms with E-state index in [0.717, 1.165) is 25.7 Å². The van der Waals surface area contributed by atoms with Gasteiger partial charge in [0.2, 0.25) is 5.82 Å². The zero-order valence-electron chi connectivity index (χ0n) is 11.5. The summed E-state index contributed by atoms with van der Waals surface area (Å²) in [6.07, 6.45) is 5.47. The lowest BCUT2D eigenvalue weighted by molar-refractivity contribution is 0.0883. The van der Waals surface area contributed by atoms with Crippen molar-refractivity contribution in [3.8, 4) is 11.4 Å². The van der Waals surface area contributed by atoms with Crippen LogP contribution in [0.15, 0.2) is 28.8 Å². The average Bonchev–Trinajstić information content (AvgIpc) is 2.99. The zero-order valence-corrected chi connectivity index (χ0v) is 11.5. The van der Waals surface area contributed by atoms with Crippen LogP contribution in [-0.4, -0.2) is 22.1 Å². The Morgan fingerprint density at radius 3 is 2.62 bits per heavy atom. The van der Waals surface area contributed by atoms with Crippen molar-refractivity contribution in [3.63, 3.8) is 0 Å². The Hall–Kier alpha value is -2.24. The minimum absolute atomic E-state index is 0.0556. The second kappa shape index (κ2) is 6.03. The lowest BCUT2D eigenvalue weighted by Gasteiger charge is -2.21. The summed E-state index contributed by atoms with van der Waals surface area (Å²) < 4.78 is 17.9. The molecule has 0 aliphatic heterocycles. The summed E-state index contributed by atoms with van der Waals surface area (Å²) in [5, 5.41) is 6.67. The van der Waals surface area contributed by atoms with Crippen molar-refractivity contribution in [2.45, 2.75) is 38.1 Å². The van der Waals surface area contributed by atoms with Crippen LogP contribution in [-0.2, 0) is 0 Å². The number of hydrogen-bond acceptors (Lipinski definition) is 4. The number of rotatable bonds is 3. The maximum absolute atomic E-state index is 12.9. The number of carbonyl (C=O) groups excluding carboxylic acids is 1. The molecule has 1 aromatic carbocycles. The van der Waals surface area contributed by atoms with Gasteiger partial charge in [-0.2, -0.15) is 4.98 Å². The molecule has 3 rings (SSSR count). The minimum atomic E-state index is -0.345. The quantitative estimate of drug-likeness (QED) is 0.943. The first kappa shape index (κ1) is 13.7. The van der Waals surface area contributed by atoms with Crippen molar-refractivity contribution in [2.24, 2.45) is 0 Å². The third kappa shape index (κ3) is 3.26. The second-order valence-electron chi connectivity index (χ2n) is 5.24. The van der Waals surface area contributed by atoms with Gasteiger partial charge in [-0.1, -0.05) is 24.4 Å². The summed E-state index contributed by atoms with van der Waals surface area (Å²) in [6.45, 7) is 0. The van der Waals surface area contributed by atoms with Crippen molar-refractivity contribution in [1.29, 1.82) is 0 Å². The first-order chi connectivity index (χ1) is 10.2. The molecule has 1 amide bonds. The molecule has 6 heteroatoms. The first-order valence-electron chi connectivity index (χ1n) is 7.13. The Morgan fingerprint density at radius 2 is 1.90 bits per heavy atom. The van der Waals surface area contributed by atoms with E-state index in [2.05, 4.69) is 15.5 Å². The molecule has 0 radical (unpaired) electrons. The number of hydrogen-bond donors (Lipinski definition) is 1. The SMILES string of the molecule is O=C(NC1CCCCC1)c1nc(-c2ccc(F)cc2)no1. The molecular formula is C15H16FN3O2. The summed E-state index contributed by atoms with van der Waals surface area (Å²) in [6, 6.07) is 5.90. The van der Waals surface area contributed by atoms with Gasteiger partial charge in [0, 0.05) is 11.6 Å². The van der Waals surface area contributed by atoms with Crippen molar-refractivity contribution >= 4 is 5.91 Å². The number of amides is 1. The lowest BCUT2D eigenvalue weighted by atomic mass is 9.95. The Labute approximate surface area is 121 Å². The fourth-order valence-electron chi connectivity index (χ4n) is 2.53. The predicted molar refractivity (Wildman–Crippen MR) is 74.0 cm³/mol. The number of benzene rings is 1. The van der Waals surface area contributed by atoms with Crippen LogP contribution in [0.3, 0.4) is 0 Å². The van der Waals surface area contributed by atoms with Crippen LogP contribution in [0.4, 0.5) is 4.39 Å². The molecule has 2 aromatic rings. The normalized spacial score (nSPS) is 15.9. The molecule has 1 N–H and O–H groups in total. The van der Waals surface area contributed by atoms with E-state index < -0.39 is 0 Å². The van der Waals surface area contributed by atoms with Crippen LogP contribution in [0, 0.1) is 5.82 Å². The van der Waals surface area contributed by atoms with E-state index >= 15 is 0 Å². The lowest BCUT2D eigenvalue weighted by Crippen LogP contribution is -2.36. The number of aromatic nitrogens is 2. The van der Waals surface area contributed by atoms with E-state index in [1.54, 1.807) is 12.1 Å². The minimum Gasteiger partial charge on any atom is -0.345 e. The van der Waals surface area contributed by atoms with Crippen LogP contribution >= 0.6 is 0 Å². The Morgan fingerprint density at radius 1 is 1.19 bits per heavy atom. The Balaban J connectivity index is 1.69. The summed E-state index contributed by atoms with van der Waals surface area (Å²) in [5.41, 5.74) is 0.608. The molecule has 1 aliphatic rings. The highest BCUT2D eigenvalue weighted by Gasteiger charge is 2.21. The van der Waals surface area contributed by atoms with Gasteiger partial charge in [0.05, 0.1) is 0 Å². The smallest absolute Gasteiger partial charge is 0.316 e. The number of halogens is 1. The molecular weight excluding hydrogens is 273 g/mol. The molecule has 110 valence electrons. The van der Waals surface area contributed by atoms with Gasteiger partial charge >= 0.3 is 11.8 Å². The van der Waals surface area contributed by atoms with Crippen molar-refractivity contribution in [1.82, 2.24) is 15.5 Å². The zero-order chi connectivity index (χ0) is 14.7. The molecule has 1 fully saturated rings.